The summed E-state index contributed by atoms with van der Waals surface area (Å²) in [7, 11) is 0. The van der Waals surface area contributed by atoms with E-state index in [9.17, 15) is 14.3 Å². The van der Waals surface area contributed by atoms with Crippen LogP contribution in [0.2, 0.25) is 0 Å². The molecule has 2 N–H and O–H groups in total. The lowest BCUT2D eigenvalue weighted by atomic mass is 10.0. The number of hydrogen-bond acceptors (Lipinski definition) is 5. The highest BCUT2D eigenvalue weighted by molar-refractivity contribution is 7.13. The molecular formula is C21H19FN4O2S. The standard InChI is InChI=1S/C21H19FN4O2S/c22-13-5-6-14-16(12-23-17(14)11-13)19(21(27)28)25-7-9-26(10-8-25)20-15-3-1-2-4-18(15)29-24-20/h1-6,11-12,19,23H,7-10H2,(H,27,28). The summed E-state index contributed by atoms with van der Waals surface area (Å²) in [6.45, 7) is 2.62. The number of rotatable bonds is 4. The van der Waals surface area contributed by atoms with Crippen LogP contribution >= 0.6 is 11.5 Å². The minimum absolute atomic E-state index is 0.345. The summed E-state index contributed by atoms with van der Waals surface area (Å²) in [6, 6.07) is 11.8. The molecule has 29 heavy (non-hydrogen) atoms. The van der Waals surface area contributed by atoms with Crippen LogP contribution in [0.1, 0.15) is 11.6 Å². The second kappa shape index (κ2) is 7.13. The van der Waals surface area contributed by atoms with Crippen molar-refractivity contribution in [3.8, 4) is 0 Å². The lowest BCUT2D eigenvalue weighted by Crippen LogP contribution is -2.49. The van der Waals surface area contributed by atoms with E-state index in [1.165, 1.54) is 23.7 Å². The molecule has 1 atom stereocenters. The number of nitrogens with zero attached hydrogens (tertiary/aromatic N) is 3. The van der Waals surface area contributed by atoms with Crippen molar-refractivity contribution >= 4 is 44.3 Å². The molecule has 1 unspecified atom stereocenters. The monoisotopic (exact) mass is 410 g/mol. The number of aromatic nitrogens is 2. The number of aromatic amines is 1. The molecule has 0 aliphatic carbocycles. The Labute approximate surface area is 170 Å². The van der Waals surface area contributed by atoms with Crippen LogP contribution in [0.4, 0.5) is 10.2 Å². The van der Waals surface area contributed by atoms with Gasteiger partial charge in [0.05, 0.1) is 4.70 Å². The summed E-state index contributed by atoms with van der Waals surface area (Å²) in [4.78, 5) is 19.3. The number of nitrogens with one attached hydrogen (secondary N) is 1. The van der Waals surface area contributed by atoms with E-state index < -0.39 is 12.0 Å². The van der Waals surface area contributed by atoms with E-state index in [0.29, 0.717) is 37.3 Å². The second-order valence-electron chi connectivity index (χ2n) is 7.20. The number of carbonyl (C=O) groups is 1. The number of aliphatic carboxylic acids is 1. The number of H-pyrrole nitrogens is 1. The van der Waals surface area contributed by atoms with Crippen LogP contribution < -0.4 is 4.90 Å². The van der Waals surface area contributed by atoms with Crippen molar-refractivity contribution in [1.82, 2.24) is 14.3 Å². The molecule has 0 amide bonds. The molecule has 8 heteroatoms. The van der Waals surface area contributed by atoms with E-state index >= 15 is 0 Å². The first kappa shape index (κ1) is 18.1. The Morgan fingerprint density at radius 2 is 1.93 bits per heavy atom. The topological polar surface area (TPSA) is 72.5 Å². The minimum atomic E-state index is -0.900. The van der Waals surface area contributed by atoms with Gasteiger partial charge in [0.25, 0.3) is 0 Å². The molecule has 6 nitrogen and oxygen atoms in total. The smallest absolute Gasteiger partial charge is 0.325 e. The number of hydrogen-bond donors (Lipinski definition) is 2. The minimum Gasteiger partial charge on any atom is -0.480 e. The largest absolute Gasteiger partial charge is 0.480 e. The van der Waals surface area contributed by atoms with Gasteiger partial charge in [-0.05, 0) is 41.9 Å². The van der Waals surface area contributed by atoms with Crippen molar-refractivity contribution < 1.29 is 14.3 Å². The maximum atomic E-state index is 13.5. The van der Waals surface area contributed by atoms with Crippen molar-refractivity contribution in [2.45, 2.75) is 6.04 Å². The molecule has 1 aliphatic rings. The quantitative estimate of drug-likeness (QED) is 0.534. The zero-order valence-corrected chi connectivity index (χ0v) is 16.3. The van der Waals surface area contributed by atoms with Crippen LogP contribution in [-0.4, -0.2) is 51.5 Å². The van der Waals surface area contributed by atoms with E-state index in [-0.39, 0.29) is 5.82 Å². The first-order valence-electron chi connectivity index (χ1n) is 9.44. The van der Waals surface area contributed by atoms with Gasteiger partial charge in [0.15, 0.2) is 0 Å². The van der Waals surface area contributed by atoms with Crippen molar-refractivity contribution in [3.05, 3.63) is 60.0 Å². The van der Waals surface area contributed by atoms with Crippen molar-refractivity contribution in [3.63, 3.8) is 0 Å². The molecule has 2 aromatic heterocycles. The first-order valence-corrected chi connectivity index (χ1v) is 10.2. The molecule has 1 saturated heterocycles. The Balaban J connectivity index is 1.39. The van der Waals surface area contributed by atoms with Crippen LogP contribution in [0.25, 0.3) is 21.0 Å². The third kappa shape index (κ3) is 3.14. The van der Waals surface area contributed by atoms with Gasteiger partial charge in [0.2, 0.25) is 0 Å². The summed E-state index contributed by atoms with van der Waals surface area (Å²) in [5, 5.41) is 11.8. The summed E-state index contributed by atoms with van der Waals surface area (Å²) in [6.07, 6.45) is 1.68. The number of piperazine rings is 1. The third-order valence-electron chi connectivity index (χ3n) is 5.54. The van der Waals surface area contributed by atoms with Gasteiger partial charge in [0, 0.05) is 54.2 Å². The molecule has 148 valence electrons. The fourth-order valence-electron chi connectivity index (χ4n) is 4.13. The molecule has 0 saturated carbocycles. The molecule has 1 fully saturated rings. The van der Waals surface area contributed by atoms with Crippen molar-refractivity contribution in [2.75, 3.05) is 31.1 Å². The lowest BCUT2D eigenvalue weighted by molar-refractivity contribution is -0.143. The van der Waals surface area contributed by atoms with Crippen LogP contribution in [0.3, 0.4) is 0 Å². The maximum absolute atomic E-state index is 13.5. The SMILES string of the molecule is O=C(O)C(c1c[nH]c2cc(F)ccc12)N1CCN(c2nsc3ccccc23)CC1. The maximum Gasteiger partial charge on any atom is 0.325 e. The zero-order valence-electron chi connectivity index (χ0n) is 15.5. The lowest BCUT2D eigenvalue weighted by Gasteiger charge is -2.38. The second-order valence-corrected chi connectivity index (χ2v) is 8.01. The molecule has 0 bridgehead atoms. The fourth-order valence-corrected chi connectivity index (χ4v) is 4.92. The van der Waals surface area contributed by atoms with E-state index in [1.807, 2.05) is 17.0 Å². The molecule has 5 rings (SSSR count). The van der Waals surface area contributed by atoms with Crippen molar-refractivity contribution in [1.29, 1.82) is 0 Å². The molecule has 0 spiro atoms. The van der Waals surface area contributed by atoms with E-state index in [4.69, 9.17) is 0 Å². The summed E-state index contributed by atoms with van der Waals surface area (Å²) >= 11 is 1.49. The van der Waals surface area contributed by atoms with Gasteiger partial charge in [-0.1, -0.05) is 12.1 Å². The third-order valence-corrected chi connectivity index (χ3v) is 6.36. The molecule has 3 heterocycles. The van der Waals surface area contributed by atoms with Crippen molar-refractivity contribution in [2.24, 2.45) is 0 Å². The predicted octanol–water partition coefficient (Wildman–Crippen LogP) is 3.86. The average molecular weight is 410 g/mol. The van der Waals surface area contributed by atoms with E-state index in [0.717, 1.165) is 21.3 Å². The number of carboxylic acid groups (broad SMARTS) is 1. The number of fused-ring (bicyclic) bond motifs is 2. The predicted molar refractivity (Wildman–Crippen MR) is 112 cm³/mol. The Morgan fingerprint density at radius 1 is 1.14 bits per heavy atom. The number of anilines is 1. The highest BCUT2D eigenvalue weighted by atomic mass is 32.1. The highest BCUT2D eigenvalue weighted by Crippen LogP contribution is 2.33. The van der Waals surface area contributed by atoms with E-state index in [2.05, 4.69) is 26.4 Å². The molecule has 1 aliphatic heterocycles. The van der Waals surface area contributed by atoms with Crippen LogP contribution in [0.15, 0.2) is 48.7 Å². The Morgan fingerprint density at radius 3 is 2.72 bits per heavy atom. The summed E-state index contributed by atoms with van der Waals surface area (Å²) in [5.74, 6) is -0.274. The van der Waals surface area contributed by atoms with Gasteiger partial charge in [-0.25, -0.2) is 4.39 Å². The fraction of sp³-hybridized carbons (Fsp3) is 0.238. The zero-order chi connectivity index (χ0) is 20.0. The Bertz CT molecular complexity index is 1200. The summed E-state index contributed by atoms with van der Waals surface area (Å²) < 4.78 is 19.3. The number of carboxylic acids is 1. The van der Waals surface area contributed by atoms with Gasteiger partial charge < -0.3 is 15.0 Å². The van der Waals surface area contributed by atoms with Crippen LogP contribution in [-0.2, 0) is 4.79 Å². The van der Waals surface area contributed by atoms with Gasteiger partial charge in [-0.15, -0.1) is 0 Å². The molecule has 0 radical (unpaired) electrons. The van der Waals surface area contributed by atoms with Crippen LogP contribution in [0.5, 0.6) is 0 Å². The number of benzene rings is 2. The molecule has 2 aromatic carbocycles. The van der Waals surface area contributed by atoms with E-state index in [1.54, 1.807) is 12.3 Å². The Hall–Kier alpha value is -2.97. The van der Waals surface area contributed by atoms with Gasteiger partial charge >= 0.3 is 5.97 Å². The molecule has 4 aromatic rings. The Kier molecular flexibility index (Phi) is 4.44. The average Bonchev–Trinajstić information content (AvgIpc) is 3.33. The highest BCUT2D eigenvalue weighted by Gasteiger charge is 2.32. The van der Waals surface area contributed by atoms with Gasteiger partial charge in [-0.2, -0.15) is 4.37 Å². The van der Waals surface area contributed by atoms with Gasteiger partial charge in [-0.3, -0.25) is 9.69 Å². The molecular weight excluding hydrogens is 391 g/mol. The first-order chi connectivity index (χ1) is 14.1. The summed E-state index contributed by atoms with van der Waals surface area (Å²) in [5.41, 5.74) is 1.28. The van der Waals surface area contributed by atoms with Crippen LogP contribution in [0, 0.1) is 5.82 Å². The van der Waals surface area contributed by atoms with Gasteiger partial charge in [0.1, 0.15) is 17.7 Å². The normalized spacial score (nSPS) is 16.5. The number of halogens is 1.